The first-order valence-corrected chi connectivity index (χ1v) is 10.8. The third-order valence-electron chi connectivity index (χ3n) is 7.47. The summed E-state index contributed by atoms with van der Waals surface area (Å²) in [5.41, 5.74) is 1.85. The quantitative estimate of drug-likeness (QED) is 0.874. The van der Waals surface area contributed by atoms with Crippen molar-refractivity contribution in [1.82, 2.24) is 10.2 Å². The van der Waals surface area contributed by atoms with Crippen LogP contribution in [0.4, 0.5) is 0 Å². The second kappa shape index (κ2) is 7.50. The average molecular weight is 380 g/mol. The van der Waals surface area contributed by atoms with Crippen molar-refractivity contribution in [3.05, 3.63) is 35.4 Å². The molecule has 1 saturated heterocycles. The molecule has 5 fully saturated rings. The number of ether oxygens (including phenoxy) is 1. The molecule has 1 atom stereocenters. The van der Waals surface area contributed by atoms with Crippen LogP contribution in [0.5, 0.6) is 0 Å². The van der Waals surface area contributed by atoms with Gasteiger partial charge >= 0.3 is 0 Å². The molecule has 28 heavy (non-hydrogen) atoms. The standard InChI is InChI=1S/C23H29N3O2/c24-12-15-1-3-16(4-2-15)13-26-5-6-28-21(14-26)23(27)25-22-19-8-17-7-18(10-19)11-20(22)9-17/h1-4,17-22H,5-11,13-14H2,(H,25,27). The van der Waals surface area contributed by atoms with Gasteiger partial charge < -0.3 is 10.1 Å². The fourth-order valence-electron chi connectivity index (χ4n) is 6.37. The monoisotopic (exact) mass is 379 g/mol. The van der Waals surface area contributed by atoms with Gasteiger partial charge in [-0.2, -0.15) is 5.26 Å². The van der Waals surface area contributed by atoms with Gasteiger partial charge in [0.15, 0.2) is 0 Å². The van der Waals surface area contributed by atoms with E-state index >= 15 is 0 Å². The molecule has 4 saturated carbocycles. The van der Waals surface area contributed by atoms with Crippen molar-refractivity contribution in [2.75, 3.05) is 19.7 Å². The Balaban J connectivity index is 1.18. The van der Waals surface area contributed by atoms with Crippen molar-refractivity contribution >= 4 is 5.91 Å². The van der Waals surface area contributed by atoms with E-state index in [0.717, 1.165) is 24.9 Å². The number of nitrogens with zero attached hydrogens (tertiary/aromatic N) is 2. The van der Waals surface area contributed by atoms with Crippen LogP contribution in [0.15, 0.2) is 24.3 Å². The molecule has 4 aliphatic carbocycles. The summed E-state index contributed by atoms with van der Waals surface area (Å²) in [4.78, 5) is 15.3. The van der Waals surface area contributed by atoms with Gasteiger partial charge in [-0.1, -0.05) is 12.1 Å². The molecule has 0 aromatic heterocycles. The van der Waals surface area contributed by atoms with Crippen LogP contribution >= 0.6 is 0 Å². The molecule has 0 radical (unpaired) electrons. The molecule has 6 rings (SSSR count). The number of rotatable bonds is 4. The average Bonchev–Trinajstić information content (AvgIpc) is 2.71. The number of hydrogen-bond acceptors (Lipinski definition) is 4. The molecule has 148 valence electrons. The number of nitriles is 1. The topological polar surface area (TPSA) is 65.4 Å². The van der Waals surface area contributed by atoms with Crippen molar-refractivity contribution in [3.8, 4) is 6.07 Å². The minimum atomic E-state index is -0.371. The first-order valence-electron chi connectivity index (χ1n) is 10.8. The number of morpholine rings is 1. The zero-order chi connectivity index (χ0) is 19.1. The Kier molecular flexibility index (Phi) is 4.86. The summed E-state index contributed by atoms with van der Waals surface area (Å²) in [6.45, 7) is 2.86. The van der Waals surface area contributed by atoms with E-state index in [2.05, 4.69) is 16.3 Å². The molecule has 4 bridgehead atoms. The van der Waals surface area contributed by atoms with Gasteiger partial charge in [0.25, 0.3) is 5.91 Å². The summed E-state index contributed by atoms with van der Waals surface area (Å²) in [6, 6.07) is 10.2. The molecule has 5 nitrogen and oxygen atoms in total. The smallest absolute Gasteiger partial charge is 0.250 e. The Morgan fingerprint density at radius 1 is 1.11 bits per heavy atom. The van der Waals surface area contributed by atoms with Crippen LogP contribution in [-0.4, -0.2) is 42.6 Å². The number of amides is 1. The van der Waals surface area contributed by atoms with Crippen LogP contribution in [0, 0.1) is 35.0 Å². The maximum Gasteiger partial charge on any atom is 0.250 e. The summed E-state index contributed by atoms with van der Waals surface area (Å²) < 4.78 is 5.84. The van der Waals surface area contributed by atoms with Crippen molar-refractivity contribution < 1.29 is 9.53 Å². The van der Waals surface area contributed by atoms with E-state index in [1.54, 1.807) is 0 Å². The molecule has 1 N–H and O–H groups in total. The van der Waals surface area contributed by atoms with Gasteiger partial charge in [-0.15, -0.1) is 0 Å². The lowest BCUT2D eigenvalue weighted by molar-refractivity contribution is -0.142. The van der Waals surface area contributed by atoms with E-state index in [4.69, 9.17) is 10.00 Å². The Morgan fingerprint density at radius 2 is 1.79 bits per heavy atom. The van der Waals surface area contributed by atoms with Gasteiger partial charge in [-0.25, -0.2) is 0 Å². The Bertz CT molecular complexity index is 741. The van der Waals surface area contributed by atoms with Crippen LogP contribution in [0.2, 0.25) is 0 Å². The first kappa shape index (κ1) is 18.1. The van der Waals surface area contributed by atoms with E-state index in [-0.39, 0.29) is 12.0 Å². The lowest BCUT2D eigenvalue weighted by atomic mass is 9.54. The highest BCUT2D eigenvalue weighted by atomic mass is 16.5. The minimum Gasteiger partial charge on any atom is -0.366 e. The Morgan fingerprint density at radius 3 is 2.43 bits per heavy atom. The second-order valence-corrected chi connectivity index (χ2v) is 9.37. The summed E-state index contributed by atoms with van der Waals surface area (Å²) in [5, 5.41) is 12.3. The summed E-state index contributed by atoms with van der Waals surface area (Å²) in [7, 11) is 0. The molecule has 1 aromatic carbocycles. The third-order valence-corrected chi connectivity index (χ3v) is 7.47. The molecule has 5 heteroatoms. The Labute approximate surface area is 167 Å². The zero-order valence-electron chi connectivity index (χ0n) is 16.3. The maximum absolute atomic E-state index is 13.0. The first-order chi connectivity index (χ1) is 13.7. The highest BCUT2D eigenvalue weighted by molar-refractivity contribution is 5.81. The molecule has 1 heterocycles. The second-order valence-electron chi connectivity index (χ2n) is 9.37. The van der Waals surface area contributed by atoms with E-state index in [1.165, 1.54) is 37.7 Å². The minimum absolute atomic E-state index is 0.0852. The molecular weight excluding hydrogens is 350 g/mol. The fourth-order valence-corrected chi connectivity index (χ4v) is 6.37. The van der Waals surface area contributed by atoms with Gasteiger partial charge in [-0.05, 0) is 73.5 Å². The zero-order valence-corrected chi connectivity index (χ0v) is 16.3. The van der Waals surface area contributed by atoms with Crippen LogP contribution in [0.1, 0.15) is 43.2 Å². The third kappa shape index (κ3) is 3.56. The summed E-state index contributed by atoms with van der Waals surface area (Å²) >= 11 is 0. The van der Waals surface area contributed by atoms with Crippen molar-refractivity contribution in [2.24, 2.45) is 23.7 Å². The lowest BCUT2D eigenvalue weighted by Crippen LogP contribution is -2.59. The molecule has 5 aliphatic rings. The van der Waals surface area contributed by atoms with Gasteiger partial charge in [0.05, 0.1) is 18.2 Å². The number of hydrogen-bond donors (Lipinski definition) is 1. The molecule has 1 aliphatic heterocycles. The molecule has 1 unspecified atom stereocenters. The van der Waals surface area contributed by atoms with Gasteiger partial charge in [-0.3, -0.25) is 9.69 Å². The largest absolute Gasteiger partial charge is 0.366 e. The fraction of sp³-hybridized carbons (Fsp3) is 0.652. The van der Waals surface area contributed by atoms with E-state index in [9.17, 15) is 4.79 Å². The highest BCUT2D eigenvalue weighted by Gasteiger charge is 2.49. The van der Waals surface area contributed by atoms with Crippen molar-refractivity contribution in [1.29, 1.82) is 5.26 Å². The van der Waals surface area contributed by atoms with E-state index in [0.29, 0.717) is 36.6 Å². The summed E-state index contributed by atoms with van der Waals surface area (Å²) in [6.07, 6.45) is 6.32. The van der Waals surface area contributed by atoms with Gasteiger partial charge in [0.2, 0.25) is 0 Å². The number of nitrogens with one attached hydrogen (secondary N) is 1. The normalized spacial score (nSPS) is 36.8. The van der Waals surface area contributed by atoms with E-state index in [1.807, 2.05) is 24.3 Å². The lowest BCUT2D eigenvalue weighted by Gasteiger charge is -2.54. The molecule has 0 spiro atoms. The highest BCUT2D eigenvalue weighted by Crippen LogP contribution is 2.53. The van der Waals surface area contributed by atoms with Gasteiger partial charge in [0.1, 0.15) is 6.10 Å². The Hall–Kier alpha value is -1.90. The van der Waals surface area contributed by atoms with Gasteiger partial charge in [0, 0.05) is 25.7 Å². The van der Waals surface area contributed by atoms with Crippen LogP contribution in [0.25, 0.3) is 0 Å². The van der Waals surface area contributed by atoms with Crippen LogP contribution < -0.4 is 5.32 Å². The molecule has 1 amide bonds. The number of benzene rings is 1. The van der Waals surface area contributed by atoms with E-state index < -0.39 is 0 Å². The van der Waals surface area contributed by atoms with Crippen molar-refractivity contribution in [2.45, 2.75) is 50.8 Å². The molecule has 1 aromatic rings. The van der Waals surface area contributed by atoms with Crippen LogP contribution in [0.3, 0.4) is 0 Å². The predicted molar refractivity (Wildman–Crippen MR) is 105 cm³/mol. The van der Waals surface area contributed by atoms with Crippen molar-refractivity contribution in [3.63, 3.8) is 0 Å². The number of carbonyl (C=O) groups is 1. The van der Waals surface area contributed by atoms with Crippen LogP contribution in [-0.2, 0) is 16.1 Å². The molecular formula is C23H29N3O2. The summed E-state index contributed by atoms with van der Waals surface area (Å²) in [5.74, 6) is 3.31. The predicted octanol–water partition coefficient (Wildman–Crippen LogP) is 2.70. The maximum atomic E-state index is 13.0. The number of carbonyl (C=O) groups excluding carboxylic acids is 1. The SMILES string of the molecule is N#Cc1ccc(CN2CCOC(C(=O)NC3C4CC5CC(C4)CC3C5)C2)cc1.